The van der Waals surface area contributed by atoms with Gasteiger partial charge in [0.05, 0.1) is 11.1 Å². The van der Waals surface area contributed by atoms with E-state index in [9.17, 15) is 22.4 Å². The number of amides is 1. The Morgan fingerprint density at radius 3 is 2.35 bits per heavy atom. The van der Waals surface area contributed by atoms with Gasteiger partial charge in [-0.1, -0.05) is 6.07 Å². The van der Waals surface area contributed by atoms with Crippen molar-refractivity contribution in [2.24, 2.45) is 0 Å². The normalized spacial score (nSPS) is 20.9. The van der Waals surface area contributed by atoms with Crippen LogP contribution in [0.3, 0.4) is 0 Å². The van der Waals surface area contributed by atoms with Crippen molar-refractivity contribution >= 4 is 6.09 Å². The van der Waals surface area contributed by atoms with Crippen molar-refractivity contribution in [1.82, 2.24) is 10.6 Å². The van der Waals surface area contributed by atoms with E-state index >= 15 is 0 Å². The molecule has 3 N–H and O–H groups in total. The van der Waals surface area contributed by atoms with Crippen LogP contribution in [0.4, 0.5) is 22.4 Å². The monoisotopic (exact) mass is 332 g/mol. The van der Waals surface area contributed by atoms with Gasteiger partial charge in [-0.25, -0.2) is 9.18 Å². The van der Waals surface area contributed by atoms with Gasteiger partial charge in [-0.15, -0.1) is 0 Å². The van der Waals surface area contributed by atoms with E-state index in [1.807, 2.05) is 0 Å². The van der Waals surface area contributed by atoms with Gasteiger partial charge in [0.1, 0.15) is 5.82 Å². The molecule has 0 heterocycles. The second kappa shape index (κ2) is 5.09. The fourth-order valence-corrected chi connectivity index (χ4v) is 2.79. The molecule has 0 bridgehead atoms. The number of carboxylic acid groups (broad SMARTS) is 1. The molecule has 1 aromatic rings. The number of rotatable bonds is 5. The van der Waals surface area contributed by atoms with Gasteiger partial charge in [-0.2, -0.15) is 13.2 Å². The Labute approximate surface area is 129 Å². The van der Waals surface area contributed by atoms with Crippen molar-refractivity contribution < 1.29 is 27.5 Å². The zero-order valence-electron chi connectivity index (χ0n) is 12.1. The quantitative estimate of drug-likeness (QED) is 0.726. The van der Waals surface area contributed by atoms with E-state index in [-0.39, 0.29) is 0 Å². The van der Waals surface area contributed by atoms with Crippen molar-refractivity contribution in [3.05, 3.63) is 35.1 Å². The summed E-state index contributed by atoms with van der Waals surface area (Å²) in [6.07, 6.45) is -3.19. The first-order valence-electron chi connectivity index (χ1n) is 7.29. The molecule has 0 atom stereocenters. The van der Waals surface area contributed by atoms with Gasteiger partial charge in [0.15, 0.2) is 0 Å². The molecule has 126 valence electrons. The Kier molecular flexibility index (Phi) is 3.55. The third-order valence-electron chi connectivity index (χ3n) is 4.57. The van der Waals surface area contributed by atoms with Crippen LogP contribution in [0.5, 0.6) is 0 Å². The lowest BCUT2D eigenvalue weighted by molar-refractivity contribution is -0.140. The molecule has 0 unspecified atom stereocenters. The summed E-state index contributed by atoms with van der Waals surface area (Å²) in [5.74, 6) is -1.29. The Hall–Kier alpha value is -1.83. The van der Waals surface area contributed by atoms with E-state index in [1.54, 1.807) is 0 Å². The van der Waals surface area contributed by atoms with Crippen molar-refractivity contribution in [3.63, 3.8) is 0 Å². The minimum atomic E-state index is -4.74. The van der Waals surface area contributed by atoms with Crippen LogP contribution in [-0.2, 0) is 11.7 Å². The fourth-order valence-electron chi connectivity index (χ4n) is 2.79. The fraction of sp³-hybridized carbons (Fsp3) is 0.533. The van der Waals surface area contributed by atoms with E-state index in [4.69, 9.17) is 5.11 Å². The Morgan fingerprint density at radius 2 is 1.87 bits per heavy atom. The molecular weight excluding hydrogens is 316 g/mol. The molecular formula is C15H16F4N2O2. The van der Waals surface area contributed by atoms with Gasteiger partial charge in [0.2, 0.25) is 0 Å². The summed E-state index contributed by atoms with van der Waals surface area (Å²) in [7, 11) is 0. The summed E-state index contributed by atoms with van der Waals surface area (Å²) in [6, 6.07) is 3.04. The van der Waals surface area contributed by atoms with Crippen LogP contribution in [0.1, 0.15) is 36.8 Å². The maximum atomic E-state index is 13.4. The Balaban J connectivity index is 1.75. The molecule has 0 spiro atoms. The Bertz CT molecular complexity index is 637. The molecule has 3 rings (SSSR count). The van der Waals surface area contributed by atoms with Crippen LogP contribution >= 0.6 is 0 Å². The van der Waals surface area contributed by atoms with E-state index < -0.39 is 34.7 Å². The topological polar surface area (TPSA) is 61.4 Å². The molecule has 0 aromatic heterocycles. The Morgan fingerprint density at radius 1 is 1.22 bits per heavy atom. The largest absolute Gasteiger partial charge is 0.465 e. The van der Waals surface area contributed by atoms with Crippen LogP contribution in [0.2, 0.25) is 0 Å². The highest BCUT2D eigenvalue weighted by molar-refractivity contribution is 5.66. The second-order valence-electron chi connectivity index (χ2n) is 6.34. The van der Waals surface area contributed by atoms with Crippen molar-refractivity contribution in [3.8, 4) is 0 Å². The van der Waals surface area contributed by atoms with Gasteiger partial charge in [0, 0.05) is 12.1 Å². The van der Waals surface area contributed by atoms with Crippen LogP contribution in [-0.4, -0.2) is 23.3 Å². The minimum absolute atomic E-state index is 0.345. The molecule has 23 heavy (non-hydrogen) atoms. The predicted octanol–water partition coefficient (Wildman–Crippen LogP) is 3.22. The SMILES string of the molecule is O=C(O)NC1(CNC2(c3ccc(F)c(C(F)(F)F)c3)CC2)CC1. The average Bonchev–Trinajstić information content (AvgIpc) is 3.32. The molecule has 4 nitrogen and oxygen atoms in total. The van der Waals surface area contributed by atoms with Crippen LogP contribution < -0.4 is 10.6 Å². The molecule has 2 fully saturated rings. The summed E-state index contributed by atoms with van der Waals surface area (Å²) in [5.41, 5.74) is -2.04. The number of halogens is 4. The maximum Gasteiger partial charge on any atom is 0.419 e. The van der Waals surface area contributed by atoms with Crippen molar-refractivity contribution in [2.45, 2.75) is 42.9 Å². The van der Waals surface area contributed by atoms with Crippen LogP contribution in [0.25, 0.3) is 0 Å². The second-order valence-corrected chi connectivity index (χ2v) is 6.34. The van der Waals surface area contributed by atoms with Crippen molar-refractivity contribution in [2.75, 3.05) is 6.54 Å². The van der Waals surface area contributed by atoms with E-state index in [0.29, 0.717) is 37.8 Å². The van der Waals surface area contributed by atoms with Gasteiger partial charge >= 0.3 is 12.3 Å². The summed E-state index contributed by atoms with van der Waals surface area (Å²) in [4.78, 5) is 10.8. The van der Waals surface area contributed by atoms with Gasteiger partial charge < -0.3 is 15.7 Å². The number of hydrogen-bond donors (Lipinski definition) is 3. The number of benzene rings is 1. The molecule has 0 saturated heterocycles. The molecule has 2 saturated carbocycles. The average molecular weight is 332 g/mol. The summed E-state index contributed by atoms with van der Waals surface area (Å²) in [6.45, 7) is 0.345. The first-order valence-corrected chi connectivity index (χ1v) is 7.29. The third-order valence-corrected chi connectivity index (χ3v) is 4.57. The lowest BCUT2D eigenvalue weighted by Crippen LogP contribution is -2.46. The first-order chi connectivity index (χ1) is 10.7. The lowest BCUT2D eigenvalue weighted by atomic mass is 10.0. The molecule has 1 amide bonds. The van der Waals surface area contributed by atoms with E-state index in [0.717, 1.165) is 12.1 Å². The summed E-state index contributed by atoms with van der Waals surface area (Å²) in [5, 5.41) is 14.4. The number of alkyl halides is 3. The number of nitrogens with one attached hydrogen (secondary N) is 2. The molecule has 0 radical (unpaired) electrons. The maximum absolute atomic E-state index is 13.4. The lowest BCUT2D eigenvalue weighted by Gasteiger charge is -2.23. The molecule has 1 aromatic carbocycles. The van der Waals surface area contributed by atoms with Crippen molar-refractivity contribution in [1.29, 1.82) is 0 Å². The summed E-state index contributed by atoms with van der Waals surface area (Å²) >= 11 is 0. The predicted molar refractivity (Wildman–Crippen MR) is 73.4 cm³/mol. The smallest absolute Gasteiger partial charge is 0.419 e. The third kappa shape index (κ3) is 3.26. The zero-order valence-corrected chi connectivity index (χ0v) is 12.1. The first kappa shape index (κ1) is 16.0. The number of carbonyl (C=O) groups is 1. The molecule has 0 aliphatic heterocycles. The van der Waals surface area contributed by atoms with Gasteiger partial charge in [-0.3, -0.25) is 0 Å². The highest BCUT2D eigenvalue weighted by Crippen LogP contribution is 2.48. The zero-order chi connectivity index (χ0) is 16.9. The molecule has 2 aliphatic rings. The standard InChI is InChI=1S/C15H16F4N2O2/c16-11-2-1-9(7-10(11)15(17,18)19)14(5-6-14)20-8-13(3-4-13)21-12(22)23/h1-2,7,20-21H,3-6,8H2,(H,22,23). The summed E-state index contributed by atoms with van der Waals surface area (Å²) < 4.78 is 51.9. The van der Waals surface area contributed by atoms with E-state index in [2.05, 4.69) is 10.6 Å². The van der Waals surface area contributed by atoms with Crippen LogP contribution in [0, 0.1) is 5.82 Å². The molecule has 8 heteroatoms. The highest BCUT2D eigenvalue weighted by Gasteiger charge is 2.50. The van der Waals surface area contributed by atoms with E-state index in [1.165, 1.54) is 6.07 Å². The minimum Gasteiger partial charge on any atom is -0.465 e. The molecule has 2 aliphatic carbocycles. The number of hydrogen-bond acceptors (Lipinski definition) is 2. The highest BCUT2D eigenvalue weighted by atomic mass is 19.4. The van der Waals surface area contributed by atoms with Gasteiger partial charge in [-0.05, 0) is 43.4 Å². The van der Waals surface area contributed by atoms with Gasteiger partial charge in [0.25, 0.3) is 0 Å². The van der Waals surface area contributed by atoms with Crippen LogP contribution in [0.15, 0.2) is 18.2 Å².